The SMILES string of the molecule is COc1ccc(-c2cn(-c3ccc(F)cc3)c(NC(=O)CN(Cc3ccco3)C(=O)NC(C)(C)C)n2)cc1. The van der Waals surface area contributed by atoms with Crippen molar-refractivity contribution in [3.63, 3.8) is 0 Å². The first-order chi connectivity index (χ1) is 18.1. The van der Waals surface area contributed by atoms with E-state index < -0.39 is 17.5 Å². The lowest BCUT2D eigenvalue weighted by atomic mass is 10.1. The van der Waals surface area contributed by atoms with E-state index in [-0.39, 0.29) is 24.9 Å². The lowest BCUT2D eigenvalue weighted by molar-refractivity contribution is -0.117. The number of amides is 3. The fourth-order valence-corrected chi connectivity index (χ4v) is 3.70. The van der Waals surface area contributed by atoms with E-state index in [2.05, 4.69) is 15.6 Å². The zero-order chi connectivity index (χ0) is 27.3. The van der Waals surface area contributed by atoms with Crippen LogP contribution in [0.15, 0.2) is 77.5 Å². The molecule has 2 aromatic heterocycles. The van der Waals surface area contributed by atoms with Crippen LogP contribution in [0.2, 0.25) is 0 Å². The summed E-state index contributed by atoms with van der Waals surface area (Å²) in [6, 6.07) is 16.2. The summed E-state index contributed by atoms with van der Waals surface area (Å²) in [5.41, 5.74) is 1.49. The Morgan fingerprint density at radius 2 is 1.79 bits per heavy atom. The van der Waals surface area contributed by atoms with Crippen LogP contribution < -0.4 is 15.4 Å². The quantitative estimate of drug-likeness (QED) is 0.332. The van der Waals surface area contributed by atoms with Gasteiger partial charge in [0.25, 0.3) is 0 Å². The van der Waals surface area contributed by atoms with E-state index >= 15 is 0 Å². The van der Waals surface area contributed by atoms with Crippen LogP contribution in [0.4, 0.5) is 15.1 Å². The molecular weight excluding hydrogens is 489 g/mol. The standard InChI is InChI=1S/C28H30FN5O4/c1-28(2,3)32-27(36)33(16-23-6-5-15-38-23)18-25(35)31-26-30-24(19-7-13-22(37-4)14-8-19)17-34(26)21-11-9-20(29)10-12-21/h5-15,17H,16,18H2,1-4H3,(H,32,36)(H,30,31,35). The minimum absolute atomic E-state index is 0.103. The predicted molar refractivity (Wildman–Crippen MR) is 142 cm³/mol. The number of ether oxygens (including phenoxy) is 1. The number of hydrogen-bond donors (Lipinski definition) is 2. The highest BCUT2D eigenvalue weighted by molar-refractivity contribution is 5.93. The summed E-state index contributed by atoms with van der Waals surface area (Å²) in [4.78, 5) is 32.1. The number of carbonyl (C=O) groups is 2. The van der Waals surface area contributed by atoms with Crippen LogP contribution in [-0.4, -0.2) is 45.6 Å². The fourth-order valence-electron chi connectivity index (χ4n) is 3.70. The molecule has 198 valence electrons. The molecule has 0 unspecified atom stereocenters. The Kier molecular flexibility index (Phi) is 7.80. The summed E-state index contributed by atoms with van der Waals surface area (Å²) in [5, 5.41) is 5.68. The van der Waals surface area contributed by atoms with Crippen molar-refractivity contribution in [1.29, 1.82) is 0 Å². The van der Waals surface area contributed by atoms with Crippen molar-refractivity contribution in [3.05, 3.63) is 84.7 Å². The number of hydrogen-bond acceptors (Lipinski definition) is 5. The molecule has 3 amide bonds. The average molecular weight is 520 g/mol. The first kappa shape index (κ1) is 26.5. The maximum atomic E-state index is 13.6. The largest absolute Gasteiger partial charge is 0.497 e. The lowest BCUT2D eigenvalue weighted by Crippen LogP contribution is -2.50. The Balaban J connectivity index is 1.61. The fraction of sp³-hybridized carbons (Fsp3) is 0.250. The minimum Gasteiger partial charge on any atom is -0.497 e. The summed E-state index contributed by atoms with van der Waals surface area (Å²) < 4.78 is 25.9. The number of rotatable bonds is 8. The second-order valence-electron chi connectivity index (χ2n) is 9.69. The third-order valence-corrected chi connectivity index (χ3v) is 5.48. The van der Waals surface area contributed by atoms with E-state index in [1.54, 1.807) is 42.1 Å². The number of benzene rings is 2. The van der Waals surface area contributed by atoms with Crippen LogP contribution in [0, 0.1) is 5.82 Å². The molecule has 0 saturated heterocycles. The highest BCUT2D eigenvalue weighted by Crippen LogP contribution is 2.26. The number of methoxy groups -OCH3 is 1. The molecule has 2 N–H and O–H groups in total. The molecule has 0 bridgehead atoms. The van der Waals surface area contributed by atoms with Gasteiger partial charge in [0.05, 0.1) is 25.6 Å². The van der Waals surface area contributed by atoms with Gasteiger partial charge >= 0.3 is 6.03 Å². The summed E-state index contributed by atoms with van der Waals surface area (Å²) >= 11 is 0. The average Bonchev–Trinajstić information content (AvgIpc) is 3.53. The van der Waals surface area contributed by atoms with Crippen molar-refractivity contribution in [2.45, 2.75) is 32.9 Å². The molecule has 4 rings (SSSR count). The number of anilines is 1. The number of urea groups is 1. The van der Waals surface area contributed by atoms with Crippen molar-refractivity contribution in [3.8, 4) is 22.7 Å². The molecule has 0 radical (unpaired) electrons. The van der Waals surface area contributed by atoms with E-state index in [1.165, 1.54) is 23.3 Å². The first-order valence-electron chi connectivity index (χ1n) is 12.0. The summed E-state index contributed by atoms with van der Waals surface area (Å²) in [6.45, 7) is 5.42. The van der Waals surface area contributed by atoms with E-state index in [0.29, 0.717) is 22.9 Å². The van der Waals surface area contributed by atoms with Gasteiger partial charge < -0.3 is 19.4 Å². The topological polar surface area (TPSA) is 102 Å². The van der Waals surface area contributed by atoms with Crippen LogP contribution in [0.3, 0.4) is 0 Å². The number of halogens is 1. The third-order valence-electron chi connectivity index (χ3n) is 5.48. The van der Waals surface area contributed by atoms with E-state index in [9.17, 15) is 14.0 Å². The van der Waals surface area contributed by atoms with Crippen LogP contribution in [0.25, 0.3) is 16.9 Å². The number of furan rings is 1. The molecule has 2 aromatic carbocycles. The van der Waals surface area contributed by atoms with Crippen molar-refractivity contribution >= 4 is 17.9 Å². The Labute approximate surface area is 220 Å². The van der Waals surface area contributed by atoms with Gasteiger partial charge in [-0.3, -0.25) is 14.7 Å². The molecule has 0 spiro atoms. The highest BCUT2D eigenvalue weighted by Gasteiger charge is 2.24. The summed E-state index contributed by atoms with van der Waals surface area (Å²) in [7, 11) is 1.59. The zero-order valence-corrected chi connectivity index (χ0v) is 21.7. The summed E-state index contributed by atoms with van der Waals surface area (Å²) in [5.74, 6) is 0.618. The Bertz CT molecular complexity index is 1370. The number of nitrogens with one attached hydrogen (secondary N) is 2. The lowest BCUT2D eigenvalue weighted by Gasteiger charge is -2.27. The molecule has 0 fully saturated rings. The minimum atomic E-state index is -0.499. The number of carbonyl (C=O) groups excluding carboxylic acids is 2. The third kappa shape index (κ3) is 6.78. The normalized spacial score (nSPS) is 11.2. The molecule has 0 atom stereocenters. The first-order valence-corrected chi connectivity index (χ1v) is 12.0. The molecule has 0 aliphatic rings. The molecule has 9 nitrogen and oxygen atoms in total. The smallest absolute Gasteiger partial charge is 0.318 e. The van der Waals surface area contributed by atoms with Gasteiger partial charge in [-0.15, -0.1) is 0 Å². The van der Waals surface area contributed by atoms with E-state index in [0.717, 1.165) is 5.56 Å². The Morgan fingerprint density at radius 3 is 2.39 bits per heavy atom. The van der Waals surface area contributed by atoms with Crippen molar-refractivity contribution in [1.82, 2.24) is 19.8 Å². The van der Waals surface area contributed by atoms with Gasteiger partial charge in [-0.1, -0.05) is 0 Å². The van der Waals surface area contributed by atoms with Crippen LogP contribution in [-0.2, 0) is 11.3 Å². The molecule has 2 heterocycles. The van der Waals surface area contributed by atoms with E-state index in [4.69, 9.17) is 9.15 Å². The highest BCUT2D eigenvalue weighted by atomic mass is 19.1. The zero-order valence-electron chi connectivity index (χ0n) is 21.7. The van der Waals surface area contributed by atoms with Gasteiger partial charge in [0.1, 0.15) is 23.9 Å². The second kappa shape index (κ2) is 11.2. The van der Waals surface area contributed by atoms with Crippen LogP contribution >= 0.6 is 0 Å². The van der Waals surface area contributed by atoms with Crippen molar-refractivity contribution in [2.75, 3.05) is 19.0 Å². The van der Waals surface area contributed by atoms with E-state index in [1.807, 2.05) is 45.0 Å². The van der Waals surface area contributed by atoms with Crippen molar-refractivity contribution in [2.24, 2.45) is 0 Å². The number of imidazole rings is 1. The van der Waals surface area contributed by atoms with Gasteiger partial charge in [-0.25, -0.2) is 14.2 Å². The molecule has 0 aliphatic heterocycles. The van der Waals surface area contributed by atoms with Gasteiger partial charge in [0.15, 0.2) is 0 Å². The van der Waals surface area contributed by atoms with Gasteiger partial charge in [-0.2, -0.15) is 0 Å². The predicted octanol–water partition coefficient (Wildman–Crippen LogP) is 5.23. The summed E-state index contributed by atoms with van der Waals surface area (Å²) in [6.07, 6.45) is 3.26. The molecule has 0 saturated carbocycles. The maximum Gasteiger partial charge on any atom is 0.318 e. The molecule has 4 aromatic rings. The maximum absolute atomic E-state index is 13.6. The molecule has 0 aliphatic carbocycles. The van der Waals surface area contributed by atoms with Crippen LogP contribution in [0.5, 0.6) is 5.75 Å². The molecule has 10 heteroatoms. The number of nitrogens with zero attached hydrogens (tertiary/aromatic N) is 3. The second-order valence-corrected chi connectivity index (χ2v) is 9.69. The van der Waals surface area contributed by atoms with Gasteiger partial charge in [0.2, 0.25) is 11.9 Å². The molecular formula is C28H30FN5O4. The van der Waals surface area contributed by atoms with Crippen LogP contribution in [0.1, 0.15) is 26.5 Å². The van der Waals surface area contributed by atoms with Gasteiger partial charge in [0, 0.05) is 23.0 Å². The Hall–Kier alpha value is -4.60. The molecule has 38 heavy (non-hydrogen) atoms. The van der Waals surface area contributed by atoms with Gasteiger partial charge in [-0.05, 0) is 81.4 Å². The number of aromatic nitrogens is 2. The van der Waals surface area contributed by atoms with Crippen molar-refractivity contribution < 1.29 is 23.1 Å². The monoisotopic (exact) mass is 519 g/mol. The Morgan fingerprint density at radius 1 is 1.08 bits per heavy atom.